The number of piperidine rings is 1. The topological polar surface area (TPSA) is 45.2 Å². The minimum Gasteiger partial charge on any atom is -0.339 e. The first-order valence-electron chi connectivity index (χ1n) is 8.71. The average Bonchev–Trinajstić information content (AvgIpc) is 3.45. The Labute approximate surface area is 147 Å². The Balaban J connectivity index is 1.75. The fraction of sp³-hybridized carbons (Fsp3) is 0.474. The molecule has 1 saturated heterocycles. The van der Waals surface area contributed by atoms with Crippen LogP contribution in [0.1, 0.15) is 47.7 Å². The van der Waals surface area contributed by atoms with Gasteiger partial charge in [0, 0.05) is 35.1 Å². The predicted molar refractivity (Wildman–Crippen MR) is 96.7 cm³/mol. The Morgan fingerprint density at radius 3 is 2.67 bits per heavy atom. The molecule has 5 heteroatoms. The molecular formula is C19H22ClN3O. The van der Waals surface area contributed by atoms with Crippen molar-refractivity contribution < 1.29 is 4.79 Å². The summed E-state index contributed by atoms with van der Waals surface area (Å²) in [5.41, 5.74) is 2.66. The van der Waals surface area contributed by atoms with E-state index in [1.54, 1.807) is 0 Å². The van der Waals surface area contributed by atoms with Gasteiger partial charge in [0.25, 0.3) is 5.91 Å². The zero-order chi connectivity index (χ0) is 16.7. The largest absolute Gasteiger partial charge is 0.339 e. The molecule has 126 valence electrons. The lowest BCUT2D eigenvalue weighted by Gasteiger charge is -2.32. The summed E-state index contributed by atoms with van der Waals surface area (Å²) in [6.07, 6.45) is 4.34. The number of carbonyl (C=O) groups is 1. The van der Waals surface area contributed by atoms with E-state index in [1.165, 1.54) is 12.8 Å². The lowest BCUT2D eigenvalue weighted by Crippen LogP contribution is -2.44. The molecule has 1 aliphatic heterocycles. The number of nitrogens with zero attached hydrogens (tertiary/aromatic N) is 2. The van der Waals surface area contributed by atoms with Gasteiger partial charge in [-0.15, -0.1) is 0 Å². The Morgan fingerprint density at radius 1 is 1.21 bits per heavy atom. The molecule has 0 radical (unpaired) electrons. The Bertz CT molecular complexity index is 782. The van der Waals surface area contributed by atoms with Crippen LogP contribution in [0.2, 0.25) is 5.02 Å². The maximum atomic E-state index is 13.2. The summed E-state index contributed by atoms with van der Waals surface area (Å²) in [6.45, 7) is 1.94. The molecule has 2 aliphatic rings. The number of nitrogens with one attached hydrogen (secondary N) is 1. The van der Waals surface area contributed by atoms with Crippen LogP contribution < -0.4 is 5.32 Å². The van der Waals surface area contributed by atoms with Gasteiger partial charge in [0.15, 0.2) is 0 Å². The monoisotopic (exact) mass is 343 g/mol. The lowest BCUT2D eigenvalue weighted by molar-refractivity contribution is 0.0705. The van der Waals surface area contributed by atoms with Crippen molar-refractivity contribution in [3.05, 3.63) is 40.5 Å². The van der Waals surface area contributed by atoms with Gasteiger partial charge in [-0.25, -0.2) is 0 Å². The van der Waals surface area contributed by atoms with Gasteiger partial charge < -0.3 is 10.2 Å². The molecule has 0 unspecified atom stereocenters. The molecule has 1 aromatic carbocycles. The third kappa shape index (κ3) is 3.01. The maximum Gasteiger partial charge on any atom is 0.254 e. The Kier molecular flexibility index (Phi) is 4.19. The summed E-state index contributed by atoms with van der Waals surface area (Å²) in [7, 11) is 1.92. The van der Waals surface area contributed by atoms with Crippen LogP contribution in [-0.4, -0.2) is 42.0 Å². The predicted octanol–water partition coefficient (Wildman–Crippen LogP) is 3.59. The van der Waals surface area contributed by atoms with Crippen molar-refractivity contribution in [2.45, 2.75) is 37.6 Å². The second-order valence-corrected chi connectivity index (χ2v) is 7.36. The van der Waals surface area contributed by atoms with Gasteiger partial charge in [-0.2, -0.15) is 0 Å². The number of halogens is 1. The number of hydrogen-bond acceptors (Lipinski definition) is 3. The fourth-order valence-electron chi connectivity index (χ4n) is 3.53. The van der Waals surface area contributed by atoms with Crippen LogP contribution in [-0.2, 0) is 0 Å². The number of amides is 1. The van der Waals surface area contributed by atoms with Crippen molar-refractivity contribution in [1.29, 1.82) is 0 Å². The van der Waals surface area contributed by atoms with E-state index in [9.17, 15) is 4.79 Å². The summed E-state index contributed by atoms with van der Waals surface area (Å²) < 4.78 is 0. The molecule has 0 spiro atoms. The van der Waals surface area contributed by atoms with E-state index in [0.717, 1.165) is 48.1 Å². The molecule has 1 saturated carbocycles. The standard InChI is InChI=1S/C19H22ClN3O/c1-23(14-6-8-21-9-7-14)19(24)16-11-18(12-2-3-12)22-17-5-4-13(20)10-15(16)17/h4-5,10-12,14,21H,2-3,6-9H2,1H3. The van der Waals surface area contributed by atoms with Crippen LogP contribution in [0.5, 0.6) is 0 Å². The van der Waals surface area contributed by atoms with Gasteiger partial charge in [0.2, 0.25) is 0 Å². The molecule has 4 rings (SSSR count). The highest BCUT2D eigenvalue weighted by Crippen LogP contribution is 2.40. The van der Waals surface area contributed by atoms with Crippen molar-refractivity contribution in [3.63, 3.8) is 0 Å². The number of carbonyl (C=O) groups excluding carboxylic acids is 1. The maximum absolute atomic E-state index is 13.2. The third-order valence-electron chi connectivity index (χ3n) is 5.19. The molecule has 2 aromatic rings. The molecule has 1 aromatic heterocycles. The molecule has 1 amide bonds. The Morgan fingerprint density at radius 2 is 1.96 bits per heavy atom. The fourth-order valence-corrected chi connectivity index (χ4v) is 3.71. The van der Waals surface area contributed by atoms with Gasteiger partial charge in [-0.05, 0) is 63.0 Å². The lowest BCUT2D eigenvalue weighted by atomic mass is 10.0. The highest BCUT2D eigenvalue weighted by molar-refractivity contribution is 6.31. The van der Waals surface area contributed by atoms with Crippen LogP contribution in [0.15, 0.2) is 24.3 Å². The zero-order valence-corrected chi connectivity index (χ0v) is 14.6. The SMILES string of the molecule is CN(C(=O)c1cc(C2CC2)nc2ccc(Cl)cc12)C1CCNCC1. The van der Waals surface area contributed by atoms with E-state index in [0.29, 0.717) is 17.0 Å². The van der Waals surface area contributed by atoms with E-state index < -0.39 is 0 Å². The first kappa shape index (κ1) is 15.9. The molecule has 2 fully saturated rings. The van der Waals surface area contributed by atoms with Gasteiger partial charge in [0.05, 0.1) is 11.1 Å². The van der Waals surface area contributed by atoms with Gasteiger partial charge >= 0.3 is 0 Å². The summed E-state index contributed by atoms with van der Waals surface area (Å²) in [5, 5.41) is 4.85. The normalized spacial score (nSPS) is 18.8. The molecule has 24 heavy (non-hydrogen) atoms. The number of fused-ring (bicyclic) bond motifs is 1. The second-order valence-electron chi connectivity index (χ2n) is 6.93. The minimum atomic E-state index is 0.0819. The summed E-state index contributed by atoms with van der Waals surface area (Å²) in [5.74, 6) is 0.597. The molecular weight excluding hydrogens is 322 g/mol. The highest BCUT2D eigenvalue weighted by atomic mass is 35.5. The van der Waals surface area contributed by atoms with E-state index in [-0.39, 0.29) is 5.91 Å². The van der Waals surface area contributed by atoms with Crippen LogP contribution >= 0.6 is 11.6 Å². The van der Waals surface area contributed by atoms with Crippen LogP contribution in [0, 0.1) is 0 Å². The zero-order valence-electron chi connectivity index (χ0n) is 13.9. The number of rotatable bonds is 3. The van der Waals surface area contributed by atoms with E-state index in [4.69, 9.17) is 16.6 Å². The summed E-state index contributed by atoms with van der Waals surface area (Å²) in [6, 6.07) is 7.93. The smallest absolute Gasteiger partial charge is 0.254 e. The molecule has 0 atom stereocenters. The molecule has 4 nitrogen and oxygen atoms in total. The first-order chi connectivity index (χ1) is 11.6. The van der Waals surface area contributed by atoms with Crippen molar-refractivity contribution in [2.75, 3.05) is 20.1 Å². The molecule has 1 N–H and O–H groups in total. The van der Waals surface area contributed by atoms with Crippen molar-refractivity contribution >= 4 is 28.4 Å². The summed E-state index contributed by atoms with van der Waals surface area (Å²) in [4.78, 5) is 19.9. The van der Waals surface area contributed by atoms with E-state index >= 15 is 0 Å². The van der Waals surface area contributed by atoms with Crippen LogP contribution in [0.4, 0.5) is 0 Å². The molecule has 2 heterocycles. The number of benzene rings is 1. The molecule has 1 aliphatic carbocycles. The minimum absolute atomic E-state index is 0.0819. The quantitative estimate of drug-likeness (QED) is 0.926. The van der Waals surface area contributed by atoms with Crippen LogP contribution in [0.3, 0.4) is 0 Å². The summed E-state index contributed by atoms with van der Waals surface area (Å²) >= 11 is 6.18. The third-order valence-corrected chi connectivity index (χ3v) is 5.43. The van der Waals surface area contributed by atoms with E-state index in [1.807, 2.05) is 36.2 Å². The van der Waals surface area contributed by atoms with Crippen molar-refractivity contribution in [1.82, 2.24) is 15.2 Å². The van der Waals surface area contributed by atoms with Crippen LogP contribution in [0.25, 0.3) is 10.9 Å². The first-order valence-corrected chi connectivity index (χ1v) is 9.09. The Hall–Kier alpha value is -1.65. The number of aromatic nitrogens is 1. The second kappa shape index (κ2) is 6.34. The van der Waals surface area contributed by atoms with Crippen molar-refractivity contribution in [3.8, 4) is 0 Å². The molecule has 0 bridgehead atoms. The van der Waals surface area contributed by atoms with Gasteiger partial charge in [-0.1, -0.05) is 11.6 Å². The van der Waals surface area contributed by atoms with Gasteiger partial charge in [0.1, 0.15) is 0 Å². The van der Waals surface area contributed by atoms with Crippen molar-refractivity contribution in [2.24, 2.45) is 0 Å². The highest BCUT2D eigenvalue weighted by Gasteiger charge is 2.29. The van der Waals surface area contributed by atoms with E-state index in [2.05, 4.69) is 5.32 Å². The van der Waals surface area contributed by atoms with Gasteiger partial charge in [-0.3, -0.25) is 9.78 Å². The number of pyridine rings is 1. The average molecular weight is 344 g/mol. The number of hydrogen-bond donors (Lipinski definition) is 1.